The van der Waals surface area contributed by atoms with Gasteiger partial charge >= 0.3 is 0 Å². The molecule has 0 amide bonds. The lowest BCUT2D eigenvalue weighted by Gasteiger charge is -2.39. The number of halogens is 1. The van der Waals surface area contributed by atoms with E-state index in [9.17, 15) is 4.39 Å². The lowest BCUT2D eigenvalue weighted by atomic mass is 9.75. The molecule has 1 N–H and O–H groups in total. The van der Waals surface area contributed by atoms with Crippen molar-refractivity contribution in [3.05, 3.63) is 35.6 Å². The van der Waals surface area contributed by atoms with Gasteiger partial charge in [0.1, 0.15) is 5.82 Å². The van der Waals surface area contributed by atoms with Gasteiger partial charge in [-0.15, -0.1) is 0 Å². The predicted molar refractivity (Wildman–Crippen MR) is 72.2 cm³/mol. The summed E-state index contributed by atoms with van der Waals surface area (Å²) in [6, 6.07) is 8.59. The second-order valence-electron chi connectivity index (χ2n) is 5.89. The minimum atomic E-state index is -0.0291. The number of hydrogen-bond donors (Lipinski definition) is 1. The molecule has 0 aromatic heterocycles. The third-order valence-corrected chi connectivity index (χ3v) is 4.56. The third kappa shape index (κ3) is 2.59. The summed E-state index contributed by atoms with van der Waals surface area (Å²) in [5.41, 5.74) is 0.916. The Balaban J connectivity index is 1.49. The van der Waals surface area contributed by atoms with Crippen LogP contribution >= 0.6 is 0 Å². The molecule has 0 unspecified atom stereocenters. The molecule has 2 heteroatoms. The Kier molecular flexibility index (Phi) is 3.64. The highest BCUT2D eigenvalue weighted by molar-refractivity contribution is 5.24. The molecule has 0 aliphatic heterocycles. The van der Waals surface area contributed by atoms with Gasteiger partial charge in [-0.3, -0.25) is 0 Å². The Bertz CT molecular complexity index is 392. The van der Waals surface area contributed by atoms with Gasteiger partial charge in [-0.05, 0) is 43.2 Å². The van der Waals surface area contributed by atoms with Gasteiger partial charge in [-0.25, -0.2) is 4.39 Å². The quantitative estimate of drug-likeness (QED) is 0.851. The van der Waals surface area contributed by atoms with E-state index in [1.807, 2.05) is 12.1 Å². The number of hydrogen-bond acceptors (Lipinski definition) is 1. The fraction of sp³-hybridized carbons (Fsp3) is 0.625. The van der Waals surface area contributed by atoms with Gasteiger partial charge in [0.15, 0.2) is 0 Å². The van der Waals surface area contributed by atoms with E-state index in [-0.39, 0.29) is 5.82 Å². The molecule has 0 radical (unpaired) electrons. The molecule has 2 aliphatic carbocycles. The zero-order valence-electron chi connectivity index (χ0n) is 10.9. The lowest BCUT2D eigenvalue weighted by Crippen LogP contribution is -2.46. The van der Waals surface area contributed by atoms with Crippen LogP contribution in [0.1, 0.15) is 56.4 Å². The summed E-state index contributed by atoms with van der Waals surface area (Å²) in [5, 5.41) is 3.75. The van der Waals surface area contributed by atoms with Crippen LogP contribution in [0.3, 0.4) is 0 Å². The third-order valence-electron chi connectivity index (χ3n) is 4.56. The van der Waals surface area contributed by atoms with E-state index in [0.717, 1.165) is 24.4 Å². The Hall–Kier alpha value is -0.890. The summed E-state index contributed by atoms with van der Waals surface area (Å²) in [5.74, 6) is 0.408. The van der Waals surface area contributed by atoms with E-state index in [1.54, 1.807) is 12.1 Å². The van der Waals surface area contributed by atoms with Crippen LogP contribution in [0.2, 0.25) is 0 Å². The maximum Gasteiger partial charge on any atom is 0.126 e. The summed E-state index contributed by atoms with van der Waals surface area (Å²) in [4.78, 5) is 0. The van der Waals surface area contributed by atoms with Crippen LogP contribution < -0.4 is 5.32 Å². The van der Waals surface area contributed by atoms with Gasteiger partial charge in [-0.2, -0.15) is 0 Å². The zero-order valence-corrected chi connectivity index (χ0v) is 10.9. The molecule has 0 atom stereocenters. The van der Waals surface area contributed by atoms with Crippen molar-refractivity contribution in [2.45, 2.75) is 62.9 Å². The lowest BCUT2D eigenvalue weighted by molar-refractivity contribution is 0.235. The summed E-state index contributed by atoms with van der Waals surface area (Å²) in [6.45, 7) is 0. The Morgan fingerprint density at radius 3 is 2.39 bits per heavy atom. The first-order valence-electron chi connectivity index (χ1n) is 7.33. The highest BCUT2D eigenvalue weighted by Gasteiger charge is 2.33. The summed E-state index contributed by atoms with van der Waals surface area (Å²) >= 11 is 0. The van der Waals surface area contributed by atoms with Crippen molar-refractivity contribution >= 4 is 0 Å². The normalized spacial score (nSPS) is 28.9. The highest BCUT2D eigenvalue weighted by atomic mass is 19.1. The molecule has 1 nitrogen and oxygen atoms in total. The van der Waals surface area contributed by atoms with Crippen molar-refractivity contribution in [3.63, 3.8) is 0 Å². The fourth-order valence-electron chi connectivity index (χ4n) is 3.42. The minimum Gasteiger partial charge on any atom is -0.311 e. The number of benzene rings is 1. The van der Waals surface area contributed by atoms with Crippen molar-refractivity contribution in [2.24, 2.45) is 0 Å². The maximum atomic E-state index is 13.6. The van der Waals surface area contributed by atoms with Crippen LogP contribution in [0.4, 0.5) is 4.39 Å². The van der Waals surface area contributed by atoms with Crippen molar-refractivity contribution < 1.29 is 4.39 Å². The summed E-state index contributed by atoms with van der Waals surface area (Å²) in [7, 11) is 0. The average Bonchev–Trinajstić information content (AvgIpc) is 2.36. The van der Waals surface area contributed by atoms with E-state index in [2.05, 4.69) is 5.32 Å². The van der Waals surface area contributed by atoms with Crippen molar-refractivity contribution in [1.82, 2.24) is 5.32 Å². The Morgan fingerprint density at radius 1 is 0.944 bits per heavy atom. The van der Waals surface area contributed by atoms with Gasteiger partial charge in [0.2, 0.25) is 0 Å². The van der Waals surface area contributed by atoms with Crippen LogP contribution in [-0.4, -0.2) is 12.1 Å². The predicted octanol–water partition coefficient (Wildman–Crippen LogP) is 3.99. The fourth-order valence-corrected chi connectivity index (χ4v) is 3.42. The van der Waals surface area contributed by atoms with Gasteiger partial charge in [0.25, 0.3) is 0 Å². The molecular formula is C16H22FN. The zero-order chi connectivity index (χ0) is 12.4. The molecule has 0 bridgehead atoms. The van der Waals surface area contributed by atoms with E-state index >= 15 is 0 Å². The molecule has 1 aromatic carbocycles. The minimum absolute atomic E-state index is 0.0291. The average molecular weight is 247 g/mol. The van der Waals surface area contributed by atoms with Crippen LogP contribution in [-0.2, 0) is 0 Å². The molecule has 2 aliphatic rings. The van der Waals surface area contributed by atoms with E-state index in [0.29, 0.717) is 12.0 Å². The molecule has 2 fully saturated rings. The van der Waals surface area contributed by atoms with Crippen LogP contribution in [0.15, 0.2) is 24.3 Å². The van der Waals surface area contributed by atoms with E-state index < -0.39 is 0 Å². The van der Waals surface area contributed by atoms with Crippen molar-refractivity contribution in [1.29, 1.82) is 0 Å². The smallest absolute Gasteiger partial charge is 0.126 e. The maximum absolute atomic E-state index is 13.6. The van der Waals surface area contributed by atoms with Gasteiger partial charge in [0, 0.05) is 12.1 Å². The molecule has 2 saturated carbocycles. The first kappa shape index (κ1) is 12.2. The molecule has 18 heavy (non-hydrogen) atoms. The van der Waals surface area contributed by atoms with Crippen molar-refractivity contribution in [3.8, 4) is 0 Å². The first-order valence-corrected chi connectivity index (χ1v) is 7.33. The molecule has 0 spiro atoms. The number of rotatable bonds is 3. The first-order chi connectivity index (χ1) is 8.83. The summed E-state index contributed by atoms with van der Waals surface area (Å²) in [6.07, 6.45) is 9.04. The summed E-state index contributed by atoms with van der Waals surface area (Å²) < 4.78 is 13.6. The largest absolute Gasteiger partial charge is 0.311 e. The molecular weight excluding hydrogens is 225 g/mol. The molecule has 98 valence electrons. The van der Waals surface area contributed by atoms with E-state index in [1.165, 1.54) is 32.1 Å². The van der Waals surface area contributed by atoms with Crippen molar-refractivity contribution in [2.75, 3.05) is 0 Å². The standard InChI is InChI=1S/C16H22FN/c17-16-9-5-4-8-15(16)12-10-14(11-12)18-13-6-2-1-3-7-13/h4-5,8-9,12-14,18H,1-3,6-7,10-11H2. The van der Waals surface area contributed by atoms with Crippen LogP contribution in [0.5, 0.6) is 0 Å². The Morgan fingerprint density at radius 2 is 1.67 bits per heavy atom. The molecule has 3 rings (SSSR count). The molecule has 0 heterocycles. The monoisotopic (exact) mass is 247 g/mol. The van der Waals surface area contributed by atoms with Gasteiger partial charge in [-0.1, -0.05) is 37.5 Å². The topological polar surface area (TPSA) is 12.0 Å². The SMILES string of the molecule is Fc1ccccc1C1CC(NC2CCCCC2)C1. The molecule has 1 aromatic rings. The molecule has 0 saturated heterocycles. The second kappa shape index (κ2) is 5.40. The highest BCUT2D eigenvalue weighted by Crippen LogP contribution is 2.38. The second-order valence-corrected chi connectivity index (χ2v) is 5.89. The van der Waals surface area contributed by atoms with Crippen LogP contribution in [0, 0.1) is 5.82 Å². The van der Waals surface area contributed by atoms with Crippen LogP contribution in [0.25, 0.3) is 0 Å². The van der Waals surface area contributed by atoms with E-state index in [4.69, 9.17) is 0 Å². The Labute approximate surface area is 109 Å². The number of nitrogens with one attached hydrogen (secondary N) is 1. The van der Waals surface area contributed by atoms with Gasteiger partial charge in [0.05, 0.1) is 0 Å². The van der Waals surface area contributed by atoms with Gasteiger partial charge < -0.3 is 5.32 Å².